The van der Waals surface area contributed by atoms with E-state index in [9.17, 15) is 10.1 Å². The summed E-state index contributed by atoms with van der Waals surface area (Å²) in [5.41, 5.74) is 2.39. The van der Waals surface area contributed by atoms with Crippen molar-refractivity contribution in [2.24, 2.45) is 17.8 Å². The van der Waals surface area contributed by atoms with Crippen LogP contribution in [0.5, 0.6) is 5.75 Å². The zero-order valence-electron chi connectivity index (χ0n) is 15.0. The van der Waals surface area contributed by atoms with Crippen molar-refractivity contribution in [3.05, 3.63) is 30.0 Å². The molecule has 0 unspecified atom stereocenters. The number of hydrogen-bond acceptors (Lipinski definition) is 4. The standard InChI is InChI=1S/C19H25BN2O3/c1-11(2)16(12-4-6-19(3,23)8-12)14-9-20(24)25-15-10-22-18-13(17(14)15)5-7-21-18/h5,7,9-12,16,23-24H,4,6,8H2,1-3H3,(H,21,22)/t12-,16-,19-/m0/s1. The minimum absolute atomic E-state index is 0.256. The number of H-pyrrole nitrogens is 1. The van der Waals surface area contributed by atoms with Crippen LogP contribution in [0.25, 0.3) is 16.6 Å². The molecule has 0 spiro atoms. The van der Waals surface area contributed by atoms with Crippen LogP contribution in [0, 0.1) is 17.8 Å². The van der Waals surface area contributed by atoms with Crippen LogP contribution in [0.3, 0.4) is 0 Å². The molecule has 1 fully saturated rings. The lowest BCUT2D eigenvalue weighted by Crippen LogP contribution is -2.30. The topological polar surface area (TPSA) is 78.4 Å². The zero-order valence-corrected chi connectivity index (χ0v) is 15.0. The second-order valence-electron chi connectivity index (χ2n) is 8.14. The van der Waals surface area contributed by atoms with Crippen LogP contribution in [0.2, 0.25) is 0 Å². The molecule has 0 radical (unpaired) electrons. The number of rotatable bonds is 3. The molecule has 0 amide bonds. The van der Waals surface area contributed by atoms with Gasteiger partial charge in [-0.25, -0.2) is 4.98 Å². The molecule has 3 N–H and O–H groups in total. The number of nitrogens with one attached hydrogen (secondary N) is 1. The van der Waals surface area contributed by atoms with Crippen molar-refractivity contribution in [1.82, 2.24) is 9.97 Å². The molecular weight excluding hydrogens is 315 g/mol. The number of aromatic amines is 1. The molecule has 1 aliphatic carbocycles. The minimum atomic E-state index is -0.955. The molecule has 3 heterocycles. The van der Waals surface area contributed by atoms with Crippen LogP contribution in [-0.4, -0.2) is 32.8 Å². The van der Waals surface area contributed by atoms with Crippen molar-refractivity contribution < 1.29 is 14.8 Å². The van der Waals surface area contributed by atoms with Gasteiger partial charge in [-0.05, 0) is 61.6 Å². The maximum atomic E-state index is 10.5. The van der Waals surface area contributed by atoms with E-state index in [1.165, 1.54) is 0 Å². The fourth-order valence-electron chi connectivity index (χ4n) is 4.78. The third-order valence-electron chi connectivity index (χ3n) is 5.75. The fraction of sp³-hybridized carbons (Fsp3) is 0.526. The lowest BCUT2D eigenvalue weighted by Gasteiger charge is -2.34. The van der Waals surface area contributed by atoms with Crippen LogP contribution >= 0.6 is 0 Å². The van der Waals surface area contributed by atoms with Crippen LogP contribution in [-0.2, 0) is 0 Å². The predicted octanol–water partition coefficient (Wildman–Crippen LogP) is 3.18. The van der Waals surface area contributed by atoms with E-state index in [-0.39, 0.29) is 5.92 Å². The molecule has 25 heavy (non-hydrogen) atoms. The molecular formula is C19H25BN2O3. The fourth-order valence-corrected chi connectivity index (χ4v) is 4.78. The van der Waals surface area contributed by atoms with Gasteiger partial charge in [0.2, 0.25) is 0 Å². The quantitative estimate of drug-likeness (QED) is 0.750. The molecule has 0 aromatic carbocycles. The SMILES string of the molecule is CC(C)[C@H](C1=CB(O)Oc2cnc3[nH]ccc3c21)[C@H]1CC[C@](C)(O)C1. The monoisotopic (exact) mass is 340 g/mol. The Hall–Kier alpha value is -1.79. The minimum Gasteiger partial charge on any atom is -0.531 e. The van der Waals surface area contributed by atoms with Gasteiger partial charge in [-0.15, -0.1) is 0 Å². The summed E-state index contributed by atoms with van der Waals surface area (Å²) in [5.74, 6) is 3.51. The maximum absolute atomic E-state index is 10.5. The Morgan fingerprint density at radius 1 is 1.44 bits per heavy atom. The van der Waals surface area contributed by atoms with Crippen molar-refractivity contribution in [2.75, 3.05) is 0 Å². The molecule has 2 aromatic heterocycles. The van der Waals surface area contributed by atoms with Crippen LogP contribution < -0.4 is 4.65 Å². The first-order valence-corrected chi connectivity index (χ1v) is 9.11. The molecule has 1 saturated carbocycles. The van der Waals surface area contributed by atoms with Crippen molar-refractivity contribution >= 4 is 23.7 Å². The molecule has 0 bridgehead atoms. The number of fused-ring (bicyclic) bond motifs is 3. The van der Waals surface area contributed by atoms with Crippen LogP contribution in [0.4, 0.5) is 0 Å². The zero-order chi connectivity index (χ0) is 17.8. The van der Waals surface area contributed by atoms with Gasteiger partial charge in [-0.2, -0.15) is 0 Å². The van der Waals surface area contributed by atoms with E-state index in [1.807, 2.05) is 25.2 Å². The third-order valence-corrected chi connectivity index (χ3v) is 5.75. The average Bonchev–Trinajstić information content (AvgIpc) is 3.12. The van der Waals surface area contributed by atoms with Crippen LogP contribution in [0.1, 0.15) is 45.6 Å². The molecule has 132 valence electrons. The summed E-state index contributed by atoms with van der Waals surface area (Å²) in [5, 5.41) is 21.7. The average molecular weight is 340 g/mol. The van der Waals surface area contributed by atoms with Crippen molar-refractivity contribution in [3.8, 4) is 5.75 Å². The molecule has 0 saturated heterocycles. The van der Waals surface area contributed by atoms with Gasteiger partial charge in [0.05, 0.1) is 11.8 Å². The lowest BCUT2D eigenvalue weighted by atomic mass is 9.69. The van der Waals surface area contributed by atoms with Crippen molar-refractivity contribution in [3.63, 3.8) is 0 Å². The molecule has 4 rings (SSSR count). The van der Waals surface area contributed by atoms with Crippen LogP contribution in [0.15, 0.2) is 24.4 Å². The highest BCUT2D eigenvalue weighted by atomic mass is 16.5. The molecule has 2 aliphatic rings. The Bertz CT molecular complexity index is 827. The van der Waals surface area contributed by atoms with Gasteiger partial charge in [0, 0.05) is 17.1 Å². The van der Waals surface area contributed by atoms with Gasteiger partial charge in [0.15, 0.2) is 0 Å². The van der Waals surface area contributed by atoms with Gasteiger partial charge >= 0.3 is 7.12 Å². The number of nitrogens with zero attached hydrogens (tertiary/aromatic N) is 1. The molecule has 2 aromatic rings. The third kappa shape index (κ3) is 2.87. The number of aliphatic hydroxyl groups is 1. The second kappa shape index (κ2) is 5.89. The molecule has 3 atom stereocenters. The summed E-state index contributed by atoms with van der Waals surface area (Å²) < 4.78 is 5.63. The predicted molar refractivity (Wildman–Crippen MR) is 99.0 cm³/mol. The first-order chi connectivity index (χ1) is 11.9. The lowest BCUT2D eigenvalue weighted by molar-refractivity contribution is 0.0603. The van der Waals surface area contributed by atoms with E-state index in [2.05, 4.69) is 23.8 Å². The summed E-state index contributed by atoms with van der Waals surface area (Å²) in [4.78, 5) is 7.55. The summed E-state index contributed by atoms with van der Waals surface area (Å²) in [6.07, 6.45) is 6.19. The van der Waals surface area contributed by atoms with Gasteiger partial charge in [0.25, 0.3) is 0 Å². The molecule has 6 heteroatoms. The van der Waals surface area contributed by atoms with E-state index in [0.29, 0.717) is 17.6 Å². The summed E-state index contributed by atoms with van der Waals surface area (Å²) >= 11 is 0. The Balaban J connectivity index is 1.84. The Kier molecular flexibility index (Phi) is 3.92. The van der Waals surface area contributed by atoms with Gasteiger partial charge in [-0.1, -0.05) is 13.8 Å². The highest BCUT2D eigenvalue weighted by Gasteiger charge is 2.42. The summed E-state index contributed by atoms with van der Waals surface area (Å²) in [7, 11) is -0.955. The summed E-state index contributed by atoms with van der Waals surface area (Å²) in [6, 6.07) is 2.01. The number of aromatic nitrogens is 2. The number of hydrogen-bond donors (Lipinski definition) is 3. The summed E-state index contributed by atoms with van der Waals surface area (Å²) in [6.45, 7) is 6.37. The second-order valence-corrected chi connectivity index (χ2v) is 8.14. The maximum Gasteiger partial charge on any atom is 0.552 e. The first-order valence-electron chi connectivity index (χ1n) is 9.11. The van der Waals surface area contributed by atoms with Gasteiger partial charge in [-0.3, -0.25) is 0 Å². The Morgan fingerprint density at radius 3 is 2.92 bits per heavy atom. The van der Waals surface area contributed by atoms with Crippen molar-refractivity contribution in [1.29, 1.82) is 0 Å². The van der Waals surface area contributed by atoms with Gasteiger partial charge in [0.1, 0.15) is 11.4 Å². The number of allylic oxidation sites excluding steroid dienone is 1. The highest BCUT2D eigenvalue weighted by Crippen LogP contribution is 2.49. The normalized spacial score (nSPS) is 27.4. The highest BCUT2D eigenvalue weighted by molar-refractivity contribution is 6.52. The molecule has 1 aliphatic heterocycles. The van der Waals surface area contributed by atoms with E-state index in [1.54, 1.807) is 6.20 Å². The van der Waals surface area contributed by atoms with E-state index in [0.717, 1.165) is 41.4 Å². The van der Waals surface area contributed by atoms with E-state index in [4.69, 9.17) is 4.65 Å². The first kappa shape index (κ1) is 16.7. The van der Waals surface area contributed by atoms with Crippen molar-refractivity contribution in [2.45, 2.75) is 45.6 Å². The Morgan fingerprint density at radius 2 is 2.24 bits per heavy atom. The molecule has 5 nitrogen and oxygen atoms in total. The largest absolute Gasteiger partial charge is 0.552 e. The smallest absolute Gasteiger partial charge is 0.531 e. The number of pyridine rings is 1. The van der Waals surface area contributed by atoms with E-state index < -0.39 is 12.7 Å². The Labute approximate surface area is 148 Å². The van der Waals surface area contributed by atoms with E-state index >= 15 is 0 Å². The van der Waals surface area contributed by atoms with Gasteiger partial charge < -0.3 is 19.8 Å².